The van der Waals surface area contributed by atoms with Crippen molar-refractivity contribution in [1.82, 2.24) is 25.4 Å². The van der Waals surface area contributed by atoms with Crippen molar-refractivity contribution in [2.45, 2.75) is 76.3 Å². The number of rotatable bonds is 12. The van der Waals surface area contributed by atoms with E-state index in [4.69, 9.17) is 11.5 Å². The molecule has 0 spiro atoms. The summed E-state index contributed by atoms with van der Waals surface area (Å²) in [5.74, 6) is -3.27. The molecule has 4 aromatic rings. The number of nitrogens with one attached hydrogen (secondary N) is 3. The number of carbonyl (C=O) groups excluding carboxylic acids is 4. The zero-order chi connectivity index (χ0) is 37.6. The first-order chi connectivity index (χ1) is 25.5. The van der Waals surface area contributed by atoms with Gasteiger partial charge in [0.15, 0.2) is 5.96 Å². The molecule has 6 rings (SSSR count). The molecule has 0 saturated carbocycles. The summed E-state index contributed by atoms with van der Waals surface area (Å²) in [6.07, 6.45) is 2.57. The fourth-order valence-corrected chi connectivity index (χ4v) is 7.29. The van der Waals surface area contributed by atoms with Gasteiger partial charge in [0.25, 0.3) is 0 Å². The number of H-pyrrole nitrogens is 1. The lowest BCUT2D eigenvalue weighted by atomic mass is 9.89. The highest BCUT2D eigenvalue weighted by Gasteiger charge is 2.42. The zero-order valence-electron chi connectivity index (χ0n) is 29.5. The Bertz CT molecular complexity index is 2060. The van der Waals surface area contributed by atoms with E-state index in [0.29, 0.717) is 18.4 Å². The summed E-state index contributed by atoms with van der Waals surface area (Å²) >= 11 is 0. The van der Waals surface area contributed by atoms with Crippen LogP contribution in [-0.4, -0.2) is 86.2 Å². The third-order valence-corrected chi connectivity index (χ3v) is 10.1. The Kier molecular flexibility index (Phi) is 11.1. The van der Waals surface area contributed by atoms with Crippen LogP contribution in [0.15, 0.2) is 84.0 Å². The Hall–Kier alpha value is -6.18. The summed E-state index contributed by atoms with van der Waals surface area (Å²) in [6.45, 7) is 2.00. The Labute approximate surface area is 306 Å². The molecule has 53 heavy (non-hydrogen) atoms. The average molecular weight is 721 g/mol. The second-order valence-corrected chi connectivity index (χ2v) is 13.6. The molecule has 14 heteroatoms. The molecule has 3 aromatic carbocycles. The third kappa shape index (κ3) is 8.32. The predicted molar refractivity (Wildman–Crippen MR) is 198 cm³/mol. The Morgan fingerprint density at radius 3 is 2.08 bits per heavy atom. The maximum atomic E-state index is 14.5. The number of carbonyl (C=O) groups is 5. The number of carboxylic acids is 1. The number of benzene rings is 3. The largest absolute Gasteiger partial charge is 0.480 e. The number of aliphatic carboxylic acids is 1. The van der Waals surface area contributed by atoms with Crippen LogP contribution < -0.4 is 22.1 Å². The van der Waals surface area contributed by atoms with Crippen molar-refractivity contribution in [1.29, 1.82) is 0 Å². The van der Waals surface area contributed by atoms with Gasteiger partial charge in [0.05, 0.1) is 0 Å². The minimum absolute atomic E-state index is 0.00138. The van der Waals surface area contributed by atoms with Crippen LogP contribution in [0, 0.1) is 0 Å². The van der Waals surface area contributed by atoms with Gasteiger partial charge >= 0.3 is 5.97 Å². The van der Waals surface area contributed by atoms with E-state index in [1.807, 2.05) is 72.8 Å². The maximum absolute atomic E-state index is 14.5. The number of nitrogens with two attached hydrogens (primary N) is 2. The van der Waals surface area contributed by atoms with Crippen LogP contribution in [0.4, 0.5) is 0 Å². The molecule has 276 valence electrons. The molecule has 4 atom stereocenters. The van der Waals surface area contributed by atoms with Gasteiger partial charge < -0.3 is 42.0 Å². The molecule has 0 fully saturated rings. The first-order valence-electron chi connectivity index (χ1n) is 17.6. The molecule has 4 amide bonds. The quantitative estimate of drug-likeness (QED) is 0.0718. The van der Waals surface area contributed by atoms with Gasteiger partial charge in [-0.2, -0.15) is 0 Å². The highest BCUT2D eigenvalue weighted by molar-refractivity contribution is 5.96. The van der Waals surface area contributed by atoms with Crippen molar-refractivity contribution in [2.24, 2.45) is 16.5 Å². The highest BCUT2D eigenvalue weighted by atomic mass is 16.4. The molecule has 0 bridgehead atoms. The van der Waals surface area contributed by atoms with Gasteiger partial charge in [0, 0.05) is 62.9 Å². The van der Waals surface area contributed by atoms with E-state index >= 15 is 0 Å². The zero-order valence-corrected chi connectivity index (χ0v) is 29.5. The van der Waals surface area contributed by atoms with Crippen LogP contribution in [-0.2, 0) is 56.3 Å². The second kappa shape index (κ2) is 16.0. The molecule has 0 saturated heterocycles. The van der Waals surface area contributed by atoms with Crippen LogP contribution in [0.1, 0.15) is 47.6 Å². The molecular weight excluding hydrogens is 676 g/mol. The second-order valence-electron chi connectivity index (χ2n) is 13.6. The van der Waals surface area contributed by atoms with Gasteiger partial charge in [0.2, 0.25) is 23.6 Å². The van der Waals surface area contributed by atoms with Gasteiger partial charge in [-0.3, -0.25) is 24.2 Å². The topological polar surface area (TPSA) is 216 Å². The fraction of sp³-hybridized carbons (Fsp3) is 0.333. The lowest BCUT2D eigenvalue weighted by molar-refractivity contribution is -0.151. The number of hydrogen-bond donors (Lipinski definition) is 6. The van der Waals surface area contributed by atoms with E-state index < -0.39 is 42.0 Å². The average Bonchev–Trinajstić information content (AvgIpc) is 3.56. The molecule has 2 aliphatic heterocycles. The first-order valence-corrected chi connectivity index (χ1v) is 17.6. The molecule has 1 aromatic heterocycles. The van der Waals surface area contributed by atoms with Crippen molar-refractivity contribution >= 4 is 46.5 Å². The van der Waals surface area contributed by atoms with Crippen LogP contribution in [0.3, 0.4) is 0 Å². The Morgan fingerprint density at radius 1 is 0.830 bits per heavy atom. The van der Waals surface area contributed by atoms with Gasteiger partial charge in [0.1, 0.15) is 24.2 Å². The summed E-state index contributed by atoms with van der Waals surface area (Å²) in [5.41, 5.74) is 16.2. The summed E-state index contributed by atoms with van der Waals surface area (Å²) in [7, 11) is 0. The summed E-state index contributed by atoms with van der Waals surface area (Å²) in [6, 6.07) is 18.3. The number of amides is 4. The molecule has 3 heterocycles. The number of aromatic amines is 1. The SMILES string of the molecule is CC(=O)N1Cc2ccccc2C[C@H]1C(=O)N1Cc2ccccc2C[C@@H]1C(=O)N[C@@H](CCCN=C(N)N)C(=O)N[C@@H](Cc1c[nH]c2ccccc12)C(=O)O. The molecule has 14 nitrogen and oxygen atoms in total. The van der Waals surface area contributed by atoms with E-state index in [1.54, 1.807) is 11.1 Å². The van der Waals surface area contributed by atoms with Crippen molar-refractivity contribution in [3.63, 3.8) is 0 Å². The Balaban J connectivity index is 1.25. The van der Waals surface area contributed by atoms with E-state index in [1.165, 1.54) is 11.8 Å². The molecule has 8 N–H and O–H groups in total. The monoisotopic (exact) mass is 720 g/mol. The lowest BCUT2D eigenvalue weighted by Gasteiger charge is -2.42. The van der Waals surface area contributed by atoms with Crippen molar-refractivity contribution in [3.8, 4) is 0 Å². The smallest absolute Gasteiger partial charge is 0.326 e. The van der Waals surface area contributed by atoms with Crippen molar-refractivity contribution < 1.29 is 29.1 Å². The fourth-order valence-electron chi connectivity index (χ4n) is 7.29. The number of aliphatic imine (C=N–C) groups is 1. The summed E-state index contributed by atoms with van der Waals surface area (Å²) < 4.78 is 0. The van der Waals surface area contributed by atoms with Crippen molar-refractivity contribution in [2.75, 3.05) is 6.54 Å². The number of nitrogens with zero attached hydrogens (tertiary/aromatic N) is 3. The summed E-state index contributed by atoms with van der Waals surface area (Å²) in [5, 5.41) is 16.4. The maximum Gasteiger partial charge on any atom is 0.326 e. The van der Waals surface area contributed by atoms with Crippen LogP contribution in [0.25, 0.3) is 10.9 Å². The summed E-state index contributed by atoms with van der Waals surface area (Å²) in [4.78, 5) is 78.2. The number of guanidine groups is 1. The number of fused-ring (bicyclic) bond motifs is 3. The molecule has 0 unspecified atom stereocenters. The van der Waals surface area contributed by atoms with Gasteiger partial charge in [-0.05, 0) is 46.7 Å². The van der Waals surface area contributed by atoms with Gasteiger partial charge in [-0.1, -0.05) is 66.7 Å². The number of carboxylic acid groups (broad SMARTS) is 1. The number of para-hydroxylation sites is 1. The van der Waals surface area contributed by atoms with Crippen LogP contribution in [0.5, 0.6) is 0 Å². The molecule has 0 radical (unpaired) electrons. The van der Waals surface area contributed by atoms with E-state index in [0.717, 1.165) is 33.2 Å². The van der Waals surface area contributed by atoms with E-state index in [2.05, 4.69) is 20.6 Å². The standard InChI is InChI=1S/C39H44N8O6/c1-23(48)46-21-26-11-4-3-10-25(26)19-34(46)37(51)47-22-27-12-5-2-9-24(27)18-33(47)36(50)44-31(15-8-16-42-39(40)41)35(49)45-32(38(52)53)17-28-20-43-30-14-7-6-13-29(28)30/h2-7,9-14,20,31-34,43H,8,15-19,21-22H2,1H3,(H,44,50)(H,45,49)(H,52,53)(H4,40,41,42)/t31-,32-,33+,34-/m0/s1. The van der Waals surface area contributed by atoms with Gasteiger partial charge in [-0.25, -0.2) is 4.79 Å². The molecular formula is C39H44N8O6. The normalized spacial score (nSPS) is 17.5. The van der Waals surface area contributed by atoms with Crippen molar-refractivity contribution in [3.05, 3.63) is 107 Å². The Morgan fingerprint density at radius 2 is 1.43 bits per heavy atom. The van der Waals surface area contributed by atoms with Gasteiger partial charge in [-0.15, -0.1) is 0 Å². The predicted octanol–water partition coefficient (Wildman–Crippen LogP) is 1.75. The lowest BCUT2D eigenvalue weighted by Crippen LogP contribution is -2.61. The third-order valence-electron chi connectivity index (χ3n) is 10.1. The minimum Gasteiger partial charge on any atom is -0.480 e. The van der Waals surface area contributed by atoms with Crippen LogP contribution in [0.2, 0.25) is 0 Å². The number of hydrogen-bond acceptors (Lipinski definition) is 6. The minimum atomic E-state index is -1.30. The van der Waals surface area contributed by atoms with Crippen LogP contribution >= 0.6 is 0 Å². The first kappa shape index (κ1) is 36.6. The number of aromatic nitrogens is 1. The highest BCUT2D eigenvalue weighted by Crippen LogP contribution is 2.29. The molecule has 0 aliphatic carbocycles. The van der Waals surface area contributed by atoms with E-state index in [9.17, 15) is 29.1 Å². The molecule has 2 aliphatic rings. The van der Waals surface area contributed by atoms with E-state index in [-0.39, 0.29) is 56.7 Å².